The van der Waals surface area contributed by atoms with Crippen molar-refractivity contribution in [1.29, 1.82) is 0 Å². The van der Waals surface area contributed by atoms with Gasteiger partial charge in [-0.25, -0.2) is 5.90 Å². The van der Waals surface area contributed by atoms with Gasteiger partial charge in [-0.2, -0.15) is 0 Å². The highest BCUT2D eigenvalue weighted by Gasteiger charge is 1.98. The van der Waals surface area contributed by atoms with E-state index in [-0.39, 0.29) is 0 Å². The van der Waals surface area contributed by atoms with Gasteiger partial charge in [-0.15, -0.1) is 0 Å². The highest BCUT2D eigenvalue weighted by atomic mass is 16.6. The molecule has 16 heavy (non-hydrogen) atoms. The van der Waals surface area contributed by atoms with Gasteiger partial charge >= 0.3 is 0 Å². The van der Waals surface area contributed by atoms with Gasteiger partial charge in [0.2, 0.25) is 0 Å². The standard InChI is InChI=1S/C13H15NO2/c1-15-13-5-4-11-8-10(6-7-16-14)2-3-12(11)9-13/h2-5,8-9H,6-7,14H2,1H3. The molecule has 0 fully saturated rings. The van der Waals surface area contributed by atoms with Crippen molar-refractivity contribution in [3.05, 3.63) is 42.0 Å². The fourth-order valence-corrected chi connectivity index (χ4v) is 1.73. The molecule has 2 aromatic rings. The van der Waals surface area contributed by atoms with Crippen molar-refractivity contribution in [2.45, 2.75) is 6.42 Å². The number of hydrogen-bond acceptors (Lipinski definition) is 3. The molecular weight excluding hydrogens is 202 g/mol. The summed E-state index contributed by atoms with van der Waals surface area (Å²) in [6.07, 6.45) is 0.832. The predicted octanol–water partition coefficient (Wildman–Crippen LogP) is 2.28. The third-order valence-corrected chi connectivity index (χ3v) is 2.62. The molecule has 0 saturated carbocycles. The maximum Gasteiger partial charge on any atom is 0.119 e. The van der Waals surface area contributed by atoms with Crippen LogP contribution in [0.15, 0.2) is 36.4 Å². The van der Waals surface area contributed by atoms with Gasteiger partial charge in [0.05, 0.1) is 13.7 Å². The summed E-state index contributed by atoms with van der Waals surface area (Å²) in [4.78, 5) is 4.57. The predicted molar refractivity (Wildman–Crippen MR) is 64.3 cm³/mol. The van der Waals surface area contributed by atoms with Gasteiger partial charge in [0.15, 0.2) is 0 Å². The number of hydrogen-bond donors (Lipinski definition) is 1. The lowest BCUT2D eigenvalue weighted by molar-refractivity contribution is 0.141. The van der Waals surface area contributed by atoms with E-state index in [0.29, 0.717) is 6.61 Å². The lowest BCUT2D eigenvalue weighted by atomic mass is 10.1. The molecule has 0 aliphatic carbocycles. The summed E-state index contributed by atoms with van der Waals surface area (Å²) in [5.41, 5.74) is 1.23. The number of ether oxygens (including phenoxy) is 1. The minimum atomic E-state index is 0.543. The number of fused-ring (bicyclic) bond motifs is 1. The summed E-state index contributed by atoms with van der Waals surface area (Å²) in [7, 11) is 1.67. The Hall–Kier alpha value is -1.58. The van der Waals surface area contributed by atoms with E-state index < -0.39 is 0 Å². The molecule has 2 N–H and O–H groups in total. The van der Waals surface area contributed by atoms with E-state index in [9.17, 15) is 0 Å². The van der Waals surface area contributed by atoms with Crippen molar-refractivity contribution >= 4 is 10.8 Å². The molecule has 0 bridgehead atoms. The summed E-state index contributed by atoms with van der Waals surface area (Å²) in [6.45, 7) is 0.543. The molecule has 0 saturated heterocycles. The molecule has 0 unspecified atom stereocenters. The average molecular weight is 217 g/mol. The molecule has 0 spiro atoms. The molecule has 0 heterocycles. The van der Waals surface area contributed by atoms with Crippen molar-refractivity contribution < 1.29 is 9.57 Å². The Morgan fingerprint density at radius 1 is 1.06 bits per heavy atom. The first-order valence-electron chi connectivity index (χ1n) is 5.22. The topological polar surface area (TPSA) is 44.5 Å². The summed E-state index contributed by atoms with van der Waals surface area (Å²) in [5.74, 6) is 5.89. The zero-order valence-electron chi connectivity index (χ0n) is 9.27. The van der Waals surface area contributed by atoms with E-state index in [1.54, 1.807) is 7.11 Å². The highest BCUT2D eigenvalue weighted by molar-refractivity contribution is 5.84. The van der Waals surface area contributed by atoms with E-state index >= 15 is 0 Å². The SMILES string of the molecule is COc1ccc2cc(CCON)ccc2c1. The third-order valence-electron chi connectivity index (χ3n) is 2.62. The summed E-state index contributed by atoms with van der Waals surface area (Å²) < 4.78 is 5.18. The van der Waals surface area contributed by atoms with Crippen molar-refractivity contribution in [3.63, 3.8) is 0 Å². The lowest BCUT2D eigenvalue weighted by Crippen LogP contribution is -2.03. The van der Waals surface area contributed by atoms with Crippen LogP contribution in [0.25, 0.3) is 10.8 Å². The van der Waals surface area contributed by atoms with Crippen LogP contribution < -0.4 is 10.6 Å². The maximum atomic E-state index is 5.18. The van der Waals surface area contributed by atoms with Gasteiger partial charge in [-0.3, -0.25) is 0 Å². The van der Waals surface area contributed by atoms with Crippen molar-refractivity contribution in [3.8, 4) is 5.75 Å². The lowest BCUT2D eigenvalue weighted by Gasteiger charge is -2.05. The zero-order chi connectivity index (χ0) is 11.4. The number of methoxy groups -OCH3 is 1. The van der Waals surface area contributed by atoms with E-state index in [0.717, 1.165) is 12.2 Å². The minimum Gasteiger partial charge on any atom is -0.497 e. The molecule has 0 amide bonds. The first-order valence-corrected chi connectivity index (χ1v) is 5.22. The Bertz CT molecular complexity index is 482. The fourth-order valence-electron chi connectivity index (χ4n) is 1.73. The smallest absolute Gasteiger partial charge is 0.119 e. The number of nitrogens with two attached hydrogens (primary N) is 1. The van der Waals surface area contributed by atoms with Gasteiger partial charge in [-0.05, 0) is 34.9 Å². The largest absolute Gasteiger partial charge is 0.497 e. The molecule has 0 aliphatic heterocycles. The molecule has 84 valence electrons. The van der Waals surface area contributed by atoms with Crippen molar-refractivity contribution in [1.82, 2.24) is 0 Å². The second-order valence-electron chi connectivity index (χ2n) is 3.67. The molecule has 0 aromatic heterocycles. The average Bonchev–Trinajstić information content (AvgIpc) is 2.35. The van der Waals surface area contributed by atoms with E-state index in [1.165, 1.54) is 16.3 Å². The Labute approximate surface area is 94.7 Å². The molecule has 0 atom stereocenters. The van der Waals surface area contributed by atoms with E-state index in [1.807, 2.05) is 12.1 Å². The summed E-state index contributed by atoms with van der Waals surface area (Å²) in [5, 5.41) is 2.38. The van der Waals surface area contributed by atoms with Gasteiger partial charge in [0, 0.05) is 0 Å². The van der Waals surface area contributed by atoms with Crippen LogP contribution in [-0.4, -0.2) is 13.7 Å². The Balaban J connectivity index is 2.32. The number of rotatable bonds is 4. The molecule has 2 aromatic carbocycles. The molecule has 2 rings (SSSR count). The Morgan fingerprint density at radius 3 is 2.56 bits per heavy atom. The molecular formula is C13H15NO2. The normalized spacial score (nSPS) is 10.6. The molecule has 3 nitrogen and oxygen atoms in total. The summed E-state index contributed by atoms with van der Waals surface area (Å²) >= 11 is 0. The van der Waals surface area contributed by atoms with Gasteiger partial charge in [0.1, 0.15) is 5.75 Å². The van der Waals surface area contributed by atoms with Gasteiger partial charge in [0.25, 0.3) is 0 Å². The van der Waals surface area contributed by atoms with E-state index in [2.05, 4.69) is 29.1 Å². The first kappa shape index (κ1) is 10.9. The molecule has 3 heteroatoms. The van der Waals surface area contributed by atoms with E-state index in [4.69, 9.17) is 10.6 Å². The van der Waals surface area contributed by atoms with Crippen LogP contribution in [0.5, 0.6) is 5.75 Å². The van der Waals surface area contributed by atoms with Crippen molar-refractivity contribution in [2.75, 3.05) is 13.7 Å². The van der Waals surface area contributed by atoms with Crippen LogP contribution in [0.3, 0.4) is 0 Å². The monoisotopic (exact) mass is 217 g/mol. The van der Waals surface area contributed by atoms with Crippen LogP contribution in [0.4, 0.5) is 0 Å². The Kier molecular flexibility index (Phi) is 3.39. The van der Waals surface area contributed by atoms with Crippen LogP contribution in [0.2, 0.25) is 0 Å². The minimum absolute atomic E-state index is 0.543. The third kappa shape index (κ3) is 2.32. The van der Waals surface area contributed by atoms with Crippen LogP contribution in [0.1, 0.15) is 5.56 Å². The van der Waals surface area contributed by atoms with Gasteiger partial charge < -0.3 is 9.57 Å². The van der Waals surface area contributed by atoms with Gasteiger partial charge in [-0.1, -0.05) is 24.3 Å². The van der Waals surface area contributed by atoms with Crippen molar-refractivity contribution in [2.24, 2.45) is 5.90 Å². The maximum absolute atomic E-state index is 5.18. The quantitative estimate of drug-likeness (QED) is 0.799. The molecule has 0 radical (unpaired) electrons. The summed E-state index contributed by atoms with van der Waals surface area (Å²) in [6, 6.07) is 12.4. The highest BCUT2D eigenvalue weighted by Crippen LogP contribution is 2.21. The van der Waals surface area contributed by atoms with Crippen LogP contribution >= 0.6 is 0 Å². The Morgan fingerprint density at radius 2 is 1.81 bits per heavy atom. The zero-order valence-corrected chi connectivity index (χ0v) is 9.27. The second-order valence-corrected chi connectivity index (χ2v) is 3.67. The molecule has 0 aliphatic rings. The van der Waals surface area contributed by atoms with Crippen LogP contribution in [0, 0.1) is 0 Å². The fraction of sp³-hybridized carbons (Fsp3) is 0.231. The first-order chi connectivity index (χ1) is 7.83. The van der Waals surface area contributed by atoms with Crippen LogP contribution in [-0.2, 0) is 11.3 Å². The number of benzene rings is 2. The second kappa shape index (κ2) is 4.96.